The normalized spacial score (nSPS) is 11.1. The highest BCUT2D eigenvalue weighted by Gasteiger charge is 2.14. The van der Waals surface area contributed by atoms with E-state index in [2.05, 4.69) is 40.1 Å². The van der Waals surface area contributed by atoms with Crippen molar-refractivity contribution < 1.29 is 4.79 Å². The predicted octanol–water partition coefficient (Wildman–Crippen LogP) is 4.00. The maximum absolute atomic E-state index is 12.2. The van der Waals surface area contributed by atoms with Gasteiger partial charge in [0.1, 0.15) is 5.82 Å². The van der Waals surface area contributed by atoms with Gasteiger partial charge in [-0.15, -0.1) is 0 Å². The minimum absolute atomic E-state index is 0.0758. The topological polar surface area (TPSA) is 83.8 Å². The van der Waals surface area contributed by atoms with Crippen LogP contribution in [0.25, 0.3) is 22.4 Å². The number of nitrogens with one attached hydrogen (secondary N) is 2. The molecule has 0 aliphatic heterocycles. The lowest BCUT2D eigenvalue weighted by molar-refractivity contribution is 0.0953. The van der Waals surface area contributed by atoms with Gasteiger partial charge in [-0.2, -0.15) is 0 Å². The molecule has 0 unspecified atom stereocenters. The molecule has 0 saturated heterocycles. The van der Waals surface area contributed by atoms with E-state index in [9.17, 15) is 4.79 Å². The van der Waals surface area contributed by atoms with E-state index in [1.165, 1.54) is 11.1 Å². The summed E-state index contributed by atoms with van der Waals surface area (Å²) in [5, 5.41) is 2.88. The van der Waals surface area contributed by atoms with Crippen LogP contribution in [-0.2, 0) is 0 Å². The summed E-state index contributed by atoms with van der Waals surface area (Å²) in [6.07, 6.45) is 0.774. The van der Waals surface area contributed by atoms with Gasteiger partial charge in [-0.1, -0.05) is 22.0 Å². The number of fused-ring (bicyclic) bond motifs is 1. The Balaban J connectivity index is 1.94. The van der Waals surface area contributed by atoms with Gasteiger partial charge in [0.2, 0.25) is 0 Å². The van der Waals surface area contributed by atoms with Gasteiger partial charge in [-0.05, 0) is 68.6 Å². The first-order valence-electron chi connectivity index (χ1n) is 8.67. The second-order valence-electron chi connectivity index (χ2n) is 6.52. The van der Waals surface area contributed by atoms with Crippen LogP contribution < -0.4 is 11.1 Å². The fourth-order valence-electron chi connectivity index (χ4n) is 2.98. The number of carbonyl (C=O) groups is 1. The van der Waals surface area contributed by atoms with Crippen molar-refractivity contribution in [2.24, 2.45) is 5.73 Å². The van der Waals surface area contributed by atoms with Gasteiger partial charge in [-0.25, -0.2) is 4.98 Å². The molecule has 0 bridgehead atoms. The fraction of sp³-hybridized carbons (Fsp3) is 0.300. The molecule has 0 aliphatic carbocycles. The molecule has 0 fully saturated rings. The van der Waals surface area contributed by atoms with Crippen LogP contribution in [0.2, 0.25) is 0 Å². The largest absolute Gasteiger partial charge is 0.352 e. The van der Waals surface area contributed by atoms with Crippen molar-refractivity contribution in [2.75, 3.05) is 13.1 Å². The number of aromatic amines is 1. The van der Waals surface area contributed by atoms with E-state index in [0.29, 0.717) is 18.7 Å². The lowest BCUT2D eigenvalue weighted by Gasteiger charge is -2.08. The summed E-state index contributed by atoms with van der Waals surface area (Å²) in [5.41, 5.74) is 12.5. The molecule has 3 rings (SSSR count). The molecule has 1 amide bonds. The third kappa shape index (κ3) is 3.52. The Labute approximate surface area is 161 Å². The van der Waals surface area contributed by atoms with Crippen molar-refractivity contribution in [1.29, 1.82) is 0 Å². The summed E-state index contributed by atoms with van der Waals surface area (Å²) in [7, 11) is 0. The Kier molecular flexibility index (Phi) is 5.44. The molecule has 0 aliphatic rings. The molecule has 26 heavy (non-hydrogen) atoms. The zero-order valence-electron chi connectivity index (χ0n) is 15.2. The van der Waals surface area contributed by atoms with Gasteiger partial charge in [-0.3, -0.25) is 4.79 Å². The average molecular weight is 415 g/mol. The number of imidazole rings is 1. The summed E-state index contributed by atoms with van der Waals surface area (Å²) in [6.45, 7) is 7.33. The number of nitrogens with zero attached hydrogens (tertiary/aromatic N) is 1. The fourth-order valence-corrected chi connectivity index (χ4v) is 3.49. The molecule has 0 spiro atoms. The van der Waals surface area contributed by atoms with Crippen LogP contribution >= 0.6 is 15.9 Å². The standard InChI is InChI=1S/C20H23BrN4O/c1-11-9-14(20(26)23-8-4-7-22)5-6-15(11)19-24-17-10-16(21)12(2)13(3)18(17)25-19/h5-6,9-10H,4,7-8,22H2,1-3H3,(H,23,26)(H,24,25). The van der Waals surface area contributed by atoms with Crippen LogP contribution in [0, 0.1) is 20.8 Å². The van der Waals surface area contributed by atoms with Crippen LogP contribution in [0.4, 0.5) is 0 Å². The second-order valence-corrected chi connectivity index (χ2v) is 7.37. The number of benzene rings is 2. The SMILES string of the molecule is Cc1cc(C(=O)NCCCN)ccc1-c1nc2cc(Br)c(C)c(C)c2[nH]1. The van der Waals surface area contributed by atoms with Crippen molar-refractivity contribution in [1.82, 2.24) is 15.3 Å². The van der Waals surface area contributed by atoms with Crippen molar-refractivity contribution in [3.8, 4) is 11.4 Å². The lowest BCUT2D eigenvalue weighted by atomic mass is 10.0. The maximum atomic E-state index is 12.2. The van der Waals surface area contributed by atoms with Gasteiger partial charge in [0.25, 0.3) is 5.91 Å². The summed E-state index contributed by atoms with van der Waals surface area (Å²) >= 11 is 3.59. The first-order chi connectivity index (χ1) is 12.4. The Hall–Kier alpha value is -2.18. The molecular weight excluding hydrogens is 392 g/mol. The second kappa shape index (κ2) is 7.60. The Bertz CT molecular complexity index is 978. The number of H-pyrrole nitrogens is 1. The lowest BCUT2D eigenvalue weighted by Crippen LogP contribution is -2.26. The highest BCUT2D eigenvalue weighted by atomic mass is 79.9. The highest BCUT2D eigenvalue weighted by Crippen LogP contribution is 2.30. The summed E-state index contributed by atoms with van der Waals surface area (Å²) in [4.78, 5) is 20.4. The quantitative estimate of drug-likeness (QED) is 0.551. The van der Waals surface area contributed by atoms with Crippen LogP contribution in [0.3, 0.4) is 0 Å². The van der Waals surface area contributed by atoms with Crippen LogP contribution in [0.15, 0.2) is 28.7 Å². The molecule has 1 heterocycles. The number of hydrogen-bond donors (Lipinski definition) is 3. The van der Waals surface area contributed by atoms with Crippen molar-refractivity contribution in [2.45, 2.75) is 27.2 Å². The van der Waals surface area contributed by atoms with Gasteiger partial charge in [0.15, 0.2) is 0 Å². The third-order valence-corrected chi connectivity index (χ3v) is 5.52. The molecule has 0 saturated carbocycles. The summed E-state index contributed by atoms with van der Waals surface area (Å²) in [6, 6.07) is 7.71. The number of aromatic nitrogens is 2. The number of rotatable bonds is 5. The van der Waals surface area contributed by atoms with Crippen LogP contribution in [0.5, 0.6) is 0 Å². The number of carbonyl (C=O) groups excluding carboxylic acids is 1. The number of hydrogen-bond acceptors (Lipinski definition) is 3. The number of aryl methyl sites for hydroxylation is 2. The van der Waals surface area contributed by atoms with E-state index >= 15 is 0 Å². The highest BCUT2D eigenvalue weighted by molar-refractivity contribution is 9.10. The molecule has 5 nitrogen and oxygen atoms in total. The van der Waals surface area contributed by atoms with Gasteiger partial charge >= 0.3 is 0 Å². The van der Waals surface area contributed by atoms with Gasteiger partial charge in [0.05, 0.1) is 11.0 Å². The minimum Gasteiger partial charge on any atom is -0.352 e. The Morgan fingerprint density at radius 2 is 2.00 bits per heavy atom. The monoisotopic (exact) mass is 414 g/mol. The smallest absolute Gasteiger partial charge is 0.251 e. The molecule has 3 aromatic rings. The van der Waals surface area contributed by atoms with Gasteiger partial charge in [0, 0.05) is 22.1 Å². The van der Waals surface area contributed by atoms with E-state index in [1.807, 2.05) is 31.2 Å². The molecule has 136 valence electrons. The molecule has 4 N–H and O–H groups in total. The maximum Gasteiger partial charge on any atom is 0.251 e. The van der Waals surface area contributed by atoms with Crippen LogP contribution in [-0.4, -0.2) is 29.0 Å². The zero-order chi connectivity index (χ0) is 18.8. The first kappa shape index (κ1) is 18.6. The molecule has 0 radical (unpaired) electrons. The van der Waals surface area contributed by atoms with Crippen molar-refractivity contribution in [3.63, 3.8) is 0 Å². The molecule has 2 aromatic carbocycles. The first-order valence-corrected chi connectivity index (χ1v) is 9.46. The predicted molar refractivity (Wildman–Crippen MR) is 109 cm³/mol. The number of halogens is 1. The summed E-state index contributed by atoms with van der Waals surface area (Å²) in [5.74, 6) is 0.737. The number of nitrogens with two attached hydrogens (primary N) is 1. The molecule has 0 atom stereocenters. The third-order valence-electron chi connectivity index (χ3n) is 4.70. The Morgan fingerprint density at radius 3 is 2.69 bits per heavy atom. The van der Waals surface area contributed by atoms with Gasteiger partial charge < -0.3 is 16.0 Å². The molecule has 6 heteroatoms. The Morgan fingerprint density at radius 1 is 1.23 bits per heavy atom. The van der Waals surface area contributed by atoms with E-state index in [1.54, 1.807) is 0 Å². The van der Waals surface area contributed by atoms with Crippen molar-refractivity contribution in [3.05, 3.63) is 51.0 Å². The number of amides is 1. The van der Waals surface area contributed by atoms with Crippen molar-refractivity contribution >= 4 is 32.9 Å². The van der Waals surface area contributed by atoms with E-state index in [4.69, 9.17) is 10.7 Å². The minimum atomic E-state index is -0.0758. The summed E-state index contributed by atoms with van der Waals surface area (Å²) < 4.78 is 1.06. The average Bonchev–Trinajstić information content (AvgIpc) is 3.03. The molecule has 1 aromatic heterocycles. The van der Waals surface area contributed by atoms with E-state index in [0.717, 1.165) is 38.9 Å². The van der Waals surface area contributed by atoms with E-state index < -0.39 is 0 Å². The molecular formula is C20H23BrN4O. The zero-order valence-corrected chi connectivity index (χ0v) is 16.8. The van der Waals surface area contributed by atoms with Crippen LogP contribution in [0.1, 0.15) is 33.5 Å². The van der Waals surface area contributed by atoms with E-state index in [-0.39, 0.29) is 5.91 Å².